The van der Waals surface area contributed by atoms with Crippen molar-refractivity contribution in [1.82, 2.24) is 15.1 Å². The standard InChI is InChI=1S/C12H9F3N4O2/c13-12(14,15)9-1-4-16-11(18-9)8-2-5-19(17-7-8)6-3-10(20)21/h1-2,4-5,7H,3,6H2/p+1. The quantitative estimate of drug-likeness (QED) is 0.861. The van der Waals surface area contributed by atoms with Gasteiger partial charge in [0.25, 0.3) is 0 Å². The summed E-state index contributed by atoms with van der Waals surface area (Å²) in [7, 11) is 0. The van der Waals surface area contributed by atoms with Gasteiger partial charge in [0.15, 0.2) is 18.6 Å². The van der Waals surface area contributed by atoms with E-state index in [-0.39, 0.29) is 18.8 Å². The summed E-state index contributed by atoms with van der Waals surface area (Å²) < 4.78 is 39.0. The molecule has 0 saturated heterocycles. The van der Waals surface area contributed by atoms with Crippen molar-refractivity contribution in [3.05, 3.63) is 36.4 Å². The van der Waals surface area contributed by atoms with Crippen LogP contribution in [-0.4, -0.2) is 26.1 Å². The highest BCUT2D eigenvalue weighted by atomic mass is 19.4. The minimum absolute atomic E-state index is 0.0947. The third kappa shape index (κ3) is 3.94. The fourth-order valence-corrected chi connectivity index (χ4v) is 1.51. The Labute approximate surface area is 116 Å². The first-order chi connectivity index (χ1) is 9.86. The SMILES string of the molecule is O=C(O)CC[n+]1ccc(-c2nccc(C(F)(F)F)n2)cn1. The Bertz CT molecular complexity index is 644. The number of hydrogen-bond donors (Lipinski definition) is 1. The number of rotatable bonds is 4. The predicted molar refractivity (Wildman–Crippen MR) is 62.7 cm³/mol. The van der Waals surface area contributed by atoms with Gasteiger partial charge in [-0.05, 0) is 11.2 Å². The highest BCUT2D eigenvalue weighted by molar-refractivity contribution is 5.66. The van der Waals surface area contributed by atoms with Crippen LogP contribution in [0.4, 0.5) is 13.2 Å². The lowest BCUT2D eigenvalue weighted by atomic mass is 10.3. The minimum Gasteiger partial charge on any atom is -0.481 e. The summed E-state index contributed by atoms with van der Waals surface area (Å²) >= 11 is 0. The van der Waals surface area contributed by atoms with Crippen molar-refractivity contribution < 1.29 is 27.8 Å². The average Bonchev–Trinajstić information content (AvgIpc) is 2.45. The molecule has 0 fully saturated rings. The van der Waals surface area contributed by atoms with E-state index in [4.69, 9.17) is 5.11 Å². The number of carboxylic acid groups (broad SMARTS) is 1. The van der Waals surface area contributed by atoms with Crippen LogP contribution >= 0.6 is 0 Å². The molecule has 0 bridgehead atoms. The molecule has 2 aromatic rings. The summed E-state index contributed by atoms with van der Waals surface area (Å²) in [5.74, 6) is -1.06. The van der Waals surface area contributed by atoms with Crippen LogP contribution in [0.3, 0.4) is 0 Å². The first kappa shape index (κ1) is 14.8. The molecule has 2 aromatic heterocycles. The molecule has 2 rings (SSSR count). The number of alkyl halides is 3. The van der Waals surface area contributed by atoms with Crippen LogP contribution in [0.15, 0.2) is 30.7 Å². The summed E-state index contributed by atoms with van der Waals surface area (Å²) in [6.07, 6.45) is -0.867. The van der Waals surface area contributed by atoms with Gasteiger partial charge in [0.2, 0.25) is 0 Å². The van der Waals surface area contributed by atoms with Gasteiger partial charge in [0.05, 0.1) is 0 Å². The molecule has 1 N–H and O–H groups in total. The number of carboxylic acids is 1. The summed E-state index contributed by atoms with van der Waals surface area (Å²) in [4.78, 5) is 17.6. The first-order valence-corrected chi connectivity index (χ1v) is 5.84. The van der Waals surface area contributed by atoms with Gasteiger partial charge < -0.3 is 5.11 Å². The lowest BCUT2D eigenvalue weighted by molar-refractivity contribution is -0.752. The fourth-order valence-electron chi connectivity index (χ4n) is 1.51. The molecule has 0 unspecified atom stereocenters. The molecular formula is C12H10F3N4O2+. The largest absolute Gasteiger partial charge is 0.481 e. The maximum absolute atomic E-state index is 12.6. The van der Waals surface area contributed by atoms with E-state index in [9.17, 15) is 18.0 Å². The molecule has 0 amide bonds. The second-order valence-electron chi connectivity index (χ2n) is 4.09. The highest BCUT2D eigenvalue weighted by Crippen LogP contribution is 2.28. The maximum atomic E-state index is 12.6. The van der Waals surface area contributed by atoms with Crippen molar-refractivity contribution in [1.29, 1.82) is 0 Å². The number of aryl methyl sites for hydroxylation is 1. The van der Waals surface area contributed by atoms with Gasteiger partial charge in [-0.2, -0.15) is 13.2 Å². The first-order valence-electron chi connectivity index (χ1n) is 5.84. The predicted octanol–water partition coefficient (Wildman–Crippen LogP) is 1.32. The van der Waals surface area contributed by atoms with Crippen molar-refractivity contribution in [3.8, 4) is 11.4 Å². The Hall–Kier alpha value is -2.58. The van der Waals surface area contributed by atoms with Crippen LogP contribution in [-0.2, 0) is 17.5 Å². The van der Waals surface area contributed by atoms with Crippen LogP contribution in [0.1, 0.15) is 12.1 Å². The van der Waals surface area contributed by atoms with E-state index in [0.717, 1.165) is 12.3 Å². The summed E-state index contributed by atoms with van der Waals surface area (Å²) in [6.45, 7) is 0.166. The molecule has 110 valence electrons. The molecule has 0 aromatic carbocycles. The molecule has 0 radical (unpaired) electrons. The van der Waals surface area contributed by atoms with Crippen molar-refractivity contribution in [2.24, 2.45) is 0 Å². The summed E-state index contributed by atoms with van der Waals surface area (Å²) in [5, 5.41) is 12.5. The number of nitrogens with zero attached hydrogens (tertiary/aromatic N) is 4. The van der Waals surface area contributed by atoms with Crippen molar-refractivity contribution in [3.63, 3.8) is 0 Å². The van der Waals surface area contributed by atoms with E-state index >= 15 is 0 Å². The number of aliphatic carboxylic acids is 1. The summed E-state index contributed by atoms with van der Waals surface area (Å²) in [6, 6.07) is 2.26. The zero-order valence-corrected chi connectivity index (χ0v) is 10.6. The minimum atomic E-state index is -4.54. The van der Waals surface area contributed by atoms with Crippen LogP contribution in [0, 0.1) is 0 Å². The van der Waals surface area contributed by atoms with E-state index in [0.29, 0.717) is 5.56 Å². The molecule has 9 heteroatoms. The van der Waals surface area contributed by atoms with Gasteiger partial charge in [-0.3, -0.25) is 4.79 Å². The van der Waals surface area contributed by atoms with Gasteiger partial charge in [-0.15, -0.1) is 0 Å². The van der Waals surface area contributed by atoms with Crippen LogP contribution in [0.5, 0.6) is 0 Å². The zero-order chi connectivity index (χ0) is 15.5. The Morgan fingerprint density at radius 1 is 1.33 bits per heavy atom. The molecule has 0 saturated carbocycles. The van der Waals surface area contributed by atoms with E-state index in [2.05, 4.69) is 15.1 Å². The molecule has 0 atom stereocenters. The van der Waals surface area contributed by atoms with E-state index in [1.54, 1.807) is 0 Å². The molecule has 21 heavy (non-hydrogen) atoms. The average molecular weight is 299 g/mol. The molecule has 0 spiro atoms. The third-order valence-electron chi connectivity index (χ3n) is 2.53. The van der Waals surface area contributed by atoms with E-state index in [1.165, 1.54) is 23.1 Å². The number of aromatic nitrogens is 4. The second-order valence-corrected chi connectivity index (χ2v) is 4.09. The van der Waals surface area contributed by atoms with Gasteiger partial charge in [-0.1, -0.05) is 4.68 Å². The fraction of sp³-hybridized carbons (Fsp3) is 0.250. The van der Waals surface area contributed by atoms with Crippen molar-refractivity contribution in [2.45, 2.75) is 19.1 Å². The maximum Gasteiger partial charge on any atom is 0.433 e. The smallest absolute Gasteiger partial charge is 0.433 e. The lowest BCUT2D eigenvalue weighted by Crippen LogP contribution is -2.38. The van der Waals surface area contributed by atoms with Gasteiger partial charge in [0.1, 0.15) is 18.3 Å². The number of carbonyl (C=O) groups is 1. The van der Waals surface area contributed by atoms with Crippen LogP contribution in [0.25, 0.3) is 11.4 Å². The van der Waals surface area contributed by atoms with Gasteiger partial charge >= 0.3 is 12.1 Å². The lowest BCUT2D eigenvalue weighted by Gasteiger charge is -2.06. The molecule has 0 aliphatic heterocycles. The topological polar surface area (TPSA) is 79.9 Å². The monoisotopic (exact) mass is 299 g/mol. The number of hydrogen-bond acceptors (Lipinski definition) is 4. The Morgan fingerprint density at radius 3 is 2.67 bits per heavy atom. The molecule has 0 aliphatic rings. The molecule has 6 nitrogen and oxygen atoms in total. The van der Waals surface area contributed by atoms with Crippen molar-refractivity contribution >= 4 is 5.97 Å². The zero-order valence-electron chi connectivity index (χ0n) is 10.6. The number of halogens is 3. The molecule has 2 heterocycles. The Morgan fingerprint density at radius 2 is 2.10 bits per heavy atom. The van der Waals surface area contributed by atoms with Gasteiger partial charge in [0, 0.05) is 17.8 Å². The van der Waals surface area contributed by atoms with Crippen LogP contribution in [0.2, 0.25) is 0 Å². The normalized spacial score (nSPS) is 11.4. The third-order valence-corrected chi connectivity index (χ3v) is 2.53. The second kappa shape index (κ2) is 5.81. The van der Waals surface area contributed by atoms with Crippen LogP contribution < -0.4 is 4.68 Å². The van der Waals surface area contributed by atoms with E-state index in [1.807, 2.05) is 0 Å². The van der Waals surface area contributed by atoms with E-state index < -0.39 is 17.8 Å². The molecular weight excluding hydrogens is 289 g/mol. The molecule has 0 aliphatic carbocycles. The Balaban J connectivity index is 2.21. The summed E-state index contributed by atoms with van der Waals surface area (Å²) in [5.41, 5.74) is -0.720. The van der Waals surface area contributed by atoms with Gasteiger partial charge in [-0.25, -0.2) is 9.97 Å². The highest BCUT2D eigenvalue weighted by Gasteiger charge is 2.32. The Kier molecular flexibility index (Phi) is 4.10. The van der Waals surface area contributed by atoms with Crippen molar-refractivity contribution in [2.75, 3.05) is 0 Å².